The van der Waals surface area contributed by atoms with Gasteiger partial charge in [0.25, 0.3) is 0 Å². The molecule has 0 aromatic heterocycles. The Morgan fingerprint density at radius 3 is 2.94 bits per heavy atom. The van der Waals surface area contributed by atoms with Gasteiger partial charge in [0, 0.05) is 10.6 Å². The summed E-state index contributed by atoms with van der Waals surface area (Å²) in [5, 5.41) is 0. The fourth-order valence-electron chi connectivity index (χ4n) is 1.28. The third-order valence-corrected chi connectivity index (χ3v) is 3.45. The Labute approximate surface area is 107 Å². The van der Waals surface area contributed by atoms with Crippen molar-refractivity contribution < 1.29 is 9.53 Å². The van der Waals surface area contributed by atoms with Gasteiger partial charge in [-0.1, -0.05) is 19.4 Å². The van der Waals surface area contributed by atoms with Crippen LogP contribution in [0.4, 0.5) is 5.69 Å². The number of nitrogens with two attached hydrogens (primary N) is 1. The van der Waals surface area contributed by atoms with E-state index in [0.29, 0.717) is 12.4 Å². The van der Waals surface area contributed by atoms with E-state index in [1.807, 2.05) is 25.1 Å². The van der Waals surface area contributed by atoms with Gasteiger partial charge < -0.3 is 10.5 Å². The van der Waals surface area contributed by atoms with Crippen LogP contribution in [-0.2, 0) is 9.53 Å². The number of carbonyl (C=O) groups excluding carboxylic acids is 1. The van der Waals surface area contributed by atoms with Crippen LogP contribution in [0.15, 0.2) is 23.1 Å². The molecular formula is C13H19NO2S. The summed E-state index contributed by atoms with van der Waals surface area (Å²) in [6.45, 7) is 4.59. The van der Waals surface area contributed by atoms with Crippen molar-refractivity contribution in [2.24, 2.45) is 0 Å². The number of thioether (sulfide) groups is 1. The highest BCUT2D eigenvalue weighted by molar-refractivity contribution is 8.00. The molecule has 1 aromatic carbocycles. The van der Waals surface area contributed by atoms with Gasteiger partial charge in [0.15, 0.2) is 0 Å². The van der Waals surface area contributed by atoms with E-state index in [1.54, 1.807) is 0 Å². The minimum absolute atomic E-state index is 0.162. The highest BCUT2D eigenvalue weighted by atomic mass is 32.2. The first-order chi connectivity index (χ1) is 8.13. The average molecular weight is 253 g/mol. The van der Waals surface area contributed by atoms with Gasteiger partial charge in [-0.05, 0) is 31.0 Å². The summed E-state index contributed by atoms with van der Waals surface area (Å²) >= 11 is 1.47. The SMILES string of the molecule is CCCCOC(=O)CSc1cc(N)ccc1C. The zero-order valence-corrected chi connectivity index (χ0v) is 11.2. The number of aryl methyl sites for hydroxylation is 1. The third-order valence-electron chi connectivity index (χ3n) is 2.32. The molecule has 17 heavy (non-hydrogen) atoms. The third kappa shape index (κ3) is 5.13. The molecule has 0 aliphatic rings. The fourth-order valence-corrected chi connectivity index (χ4v) is 2.15. The van der Waals surface area contributed by atoms with Gasteiger partial charge in [-0.3, -0.25) is 4.79 Å². The molecule has 0 spiro atoms. The molecule has 0 fully saturated rings. The molecule has 1 rings (SSSR count). The Bertz CT molecular complexity index is 380. The van der Waals surface area contributed by atoms with E-state index >= 15 is 0 Å². The molecule has 94 valence electrons. The number of hydrogen-bond acceptors (Lipinski definition) is 4. The lowest BCUT2D eigenvalue weighted by molar-refractivity contribution is -0.140. The summed E-state index contributed by atoms with van der Waals surface area (Å²) in [5.74, 6) is 0.179. The molecule has 0 unspecified atom stereocenters. The maximum absolute atomic E-state index is 11.4. The van der Waals surface area contributed by atoms with Crippen molar-refractivity contribution in [2.75, 3.05) is 18.1 Å². The summed E-state index contributed by atoms with van der Waals surface area (Å²) in [6.07, 6.45) is 1.96. The van der Waals surface area contributed by atoms with Crippen LogP contribution in [0, 0.1) is 6.92 Å². The summed E-state index contributed by atoms with van der Waals surface area (Å²) in [6, 6.07) is 5.71. The first-order valence-corrected chi connectivity index (χ1v) is 6.76. The molecule has 1 aromatic rings. The molecule has 3 nitrogen and oxygen atoms in total. The Balaban J connectivity index is 2.39. The summed E-state index contributed by atoms with van der Waals surface area (Å²) < 4.78 is 5.08. The zero-order chi connectivity index (χ0) is 12.7. The number of hydrogen-bond donors (Lipinski definition) is 1. The van der Waals surface area contributed by atoms with Crippen molar-refractivity contribution in [2.45, 2.75) is 31.6 Å². The number of carbonyl (C=O) groups is 1. The molecule has 0 heterocycles. The van der Waals surface area contributed by atoms with Gasteiger partial charge in [0.2, 0.25) is 0 Å². The van der Waals surface area contributed by atoms with Crippen molar-refractivity contribution in [1.82, 2.24) is 0 Å². The molecule has 0 aliphatic heterocycles. The average Bonchev–Trinajstić information content (AvgIpc) is 2.31. The predicted octanol–water partition coefficient (Wildman–Crippen LogP) is 3.01. The lowest BCUT2D eigenvalue weighted by Gasteiger charge is -2.07. The standard InChI is InChI=1S/C13H19NO2S/c1-3-4-7-16-13(15)9-17-12-8-11(14)6-5-10(12)2/h5-6,8H,3-4,7,9,14H2,1-2H3. The van der Waals surface area contributed by atoms with E-state index in [2.05, 4.69) is 6.92 Å². The molecule has 0 radical (unpaired) electrons. The predicted molar refractivity (Wildman–Crippen MR) is 72.2 cm³/mol. The van der Waals surface area contributed by atoms with E-state index in [9.17, 15) is 4.79 Å². The number of unbranched alkanes of at least 4 members (excludes halogenated alkanes) is 1. The largest absolute Gasteiger partial charge is 0.465 e. The second-order valence-electron chi connectivity index (χ2n) is 3.89. The van der Waals surface area contributed by atoms with E-state index in [0.717, 1.165) is 29.0 Å². The summed E-state index contributed by atoms with van der Waals surface area (Å²) in [7, 11) is 0. The number of rotatable bonds is 6. The topological polar surface area (TPSA) is 52.3 Å². The molecule has 2 N–H and O–H groups in total. The molecule has 0 aliphatic carbocycles. The van der Waals surface area contributed by atoms with Crippen LogP contribution in [-0.4, -0.2) is 18.3 Å². The van der Waals surface area contributed by atoms with Crippen LogP contribution in [0.1, 0.15) is 25.3 Å². The van der Waals surface area contributed by atoms with E-state index in [4.69, 9.17) is 10.5 Å². The highest BCUT2D eigenvalue weighted by Gasteiger charge is 2.06. The molecule has 0 bridgehead atoms. The quantitative estimate of drug-likeness (QED) is 0.366. The Hall–Kier alpha value is -1.16. The smallest absolute Gasteiger partial charge is 0.316 e. The lowest BCUT2D eigenvalue weighted by atomic mass is 10.2. The summed E-state index contributed by atoms with van der Waals surface area (Å²) in [5.41, 5.74) is 7.55. The fraction of sp³-hybridized carbons (Fsp3) is 0.462. The van der Waals surface area contributed by atoms with Crippen LogP contribution in [0.5, 0.6) is 0 Å². The van der Waals surface area contributed by atoms with Crippen LogP contribution < -0.4 is 5.73 Å². The zero-order valence-electron chi connectivity index (χ0n) is 10.4. The van der Waals surface area contributed by atoms with E-state index < -0.39 is 0 Å². The van der Waals surface area contributed by atoms with Gasteiger partial charge in [0.1, 0.15) is 0 Å². The van der Waals surface area contributed by atoms with Gasteiger partial charge in [0.05, 0.1) is 12.4 Å². The van der Waals surface area contributed by atoms with E-state index in [-0.39, 0.29) is 5.97 Å². The number of esters is 1. The Kier molecular flexibility index (Phi) is 5.91. The van der Waals surface area contributed by atoms with Gasteiger partial charge in [-0.2, -0.15) is 0 Å². The molecular weight excluding hydrogens is 234 g/mol. The normalized spacial score (nSPS) is 10.2. The van der Waals surface area contributed by atoms with Crippen molar-refractivity contribution in [1.29, 1.82) is 0 Å². The molecule has 0 saturated carbocycles. The van der Waals surface area contributed by atoms with Crippen molar-refractivity contribution >= 4 is 23.4 Å². The minimum atomic E-state index is -0.162. The van der Waals surface area contributed by atoms with Crippen molar-refractivity contribution in [3.8, 4) is 0 Å². The van der Waals surface area contributed by atoms with Gasteiger partial charge in [-0.15, -0.1) is 11.8 Å². The second-order valence-corrected chi connectivity index (χ2v) is 4.90. The number of anilines is 1. The van der Waals surface area contributed by atoms with Crippen LogP contribution in [0.2, 0.25) is 0 Å². The number of nitrogen functional groups attached to an aromatic ring is 1. The minimum Gasteiger partial charge on any atom is -0.465 e. The number of ether oxygens (including phenoxy) is 1. The molecule has 4 heteroatoms. The highest BCUT2D eigenvalue weighted by Crippen LogP contribution is 2.24. The molecule has 0 saturated heterocycles. The monoisotopic (exact) mass is 253 g/mol. The Morgan fingerprint density at radius 2 is 2.24 bits per heavy atom. The Morgan fingerprint density at radius 1 is 1.47 bits per heavy atom. The van der Waals surface area contributed by atoms with E-state index in [1.165, 1.54) is 11.8 Å². The van der Waals surface area contributed by atoms with Crippen molar-refractivity contribution in [3.05, 3.63) is 23.8 Å². The summed E-state index contributed by atoms with van der Waals surface area (Å²) in [4.78, 5) is 12.5. The maximum atomic E-state index is 11.4. The van der Waals surface area contributed by atoms with Crippen LogP contribution in [0.25, 0.3) is 0 Å². The van der Waals surface area contributed by atoms with Gasteiger partial charge in [-0.25, -0.2) is 0 Å². The van der Waals surface area contributed by atoms with Crippen LogP contribution in [0.3, 0.4) is 0 Å². The van der Waals surface area contributed by atoms with Crippen molar-refractivity contribution in [3.63, 3.8) is 0 Å². The van der Waals surface area contributed by atoms with Crippen LogP contribution >= 0.6 is 11.8 Å². The van der Waals surface area contributed by atoms with Gasteiger partial charge >= 0.3 is 5.97 Å². The first kappa shape index (κ1) is 13.9. The first-order valence-electron chi connectivity index (χ1n) is 5.78. The molecule has 0 amide bonds. The second kappa shape index (κ2) is 7.22. The number of benzene rings is 1. The lowest BCUT2D eigenvalue weighted by Crippen LogP contribution is -2.08. The molecule has 0 atom stereocenters. The maximum Gasteiger partial charge on any atom is 0.316 e.